The van der Waals surface area contributed by atoms with Gasteiger partial charge in [-0.3, -0.25) is 14.4 Å². The summed E-state index contributed by atoms with van der Waals surface area (Å²) in [6.45, 7) is 0.204. The second-order valence-electron chi connectivity index (χ2n) is 11.7. The molecule has 4 atom stereocenters. The van der Waals surface area contributed by atoms with Crippen LogP contribution >= 0.6 is 0 Å². The molecule has 0 aliphatic heterocycles. The summed E-state index contributed by atoms with van der Waals surface area (Å²) >= 11 is 0. The summed E-state index contributed by atoms with van der Waals surface area (Å²) in [7, 11) is 0. The predicted octanol–water partition coefficient (Wildman–Crippen LogP) is 6.70. The zero-order valence-electron chi connectivity index (χ0n) is 24.5. The standard InChI is InChI=1S/C40H31NO4/c42-36(41-26-27-16-6-1-7-17-27)34-35(37(43)44)40(31-24-14-5-15-25-31)33(29-20-10-3-11-21-29)32(28-18-8-2-9-19-28)39(34,38(40)45)30-22-12-4-13-23-30/h1-25,34-35H,26H2,(H,41,42)(H,43,44). The van der Waals surface area contributed by atoms with Crippen molar-refractivity contribution in [2.75, 3.05) is 0 Å². The average Bonchev–Trinajstić information content (AvgIpc) is 3.48. The van der Waals surface area contributed by atoms with Gasteiger partial charge in [-0.1, -0.05) is 152 Å². The number of hydrogen-bond acceptors (Lipinski definition) is 3. The fourth-order valence-electron chi connectivity index (χ4n) is 7.86. The molecule has 5 heteroatoms. The van der Waals surface area contributed by atoms with E-state index < -0.39 is 34.5 Å². The Morgan fingerprint density at radius 2 is 0.933 bits per heavy atom. The fourth-order valence-corrected chi connectivity index (χ4v) is 7.86. The third-order valence-electron chi connectivity index (χ3n) is 9.46. The van der Waals surface area contributed by atoms with Crippen LogP contribution in [0.25, 0.3) is 11.1 Å². The number of carboxylic acids is 1. The number of hydrogen-bond donors (Lipinski definition) is 2. The molecule has 4 unspecified atom stereocenters. The topological polar surface area (TPSA) is 83.5 Å². The van der Waals surface area contributed by atoms with Crippen LogP contribution in [0.2, 0.25) is 0 Å². The highest BCUT2D eigenvalue weighted by Gasteiger charge is 2.80. The Kier molecular flexibility index (Phi) is 7.01. The molecule has 1 fully saturated rings. The third-order valence-corrected chi connectivity index (χ3v) is 9.46. The van der Waals surface area contributed by atoms with Gasteiger partial charge >= 0.3 is 5.97 Å². The van der Waals surface area contributed by atoms with Gasteiger partial charge in [0.25, 0.3) is 0 Å². The summed E-state index contributed by atoms with van der Waals surface area (Å²) in [6.07, 6.45) is 0. The van der Waals surface area contributed by atoms with Gasteiger partial charge in [0.2, 0.25) is 5.91 Å². The zero-order chi connectivity index (χ0) is 31.0. The summed E-state index contributed by atoms with van der Waals surface area (Å²) in [5, 5.41) is 14.3. The smallest absolute Gasteiger partial charge is 0.309 e. The Bertz CT molecular complexity index is 1910. The van der Waals surface area contributed by atoms with Gasteiger partial charge in [0.1, 0.15) is 0 Å². The minimum atomic E-state index is -1.65. The number of nitrogens with one attached hydrogen (secondary N) is 1. The van der Waals surface area contributed by atoms with E-state index in [0.717, 1.165) is 16.7 Å². The Morgan fingerprint density at radius 3 is 1.36 bits per heavy atom. The number of carbonyl (C=O) groups excluding carboxylic acids is 2. The molecule has 220 valence electrons. The van der Waals surface area contributed by atoms with E-state index >= 15 is 4.79 Å². The Morgan fingerprint density at radius 1 is 0.556 bits per heavy atom. The Labute approximate surface area is 261 Å². The molecule has 5 nitrogen and oxygen atoms in total. The predicted molar refractivity (Wildman–Crippen MR) is 174 cm³/mol. The number of ketones is 1. The van der Waals surface area contributed by atoms with Gasteiger partial charge in [-0.2, -0.15) is 0 Å². The molecule has 2 aliphatic carbocycles. The summed E-state index contributed by atoms with van der Waals surface area (Å²) < 4.78 is 0. The van der Waals surface area contributed by atoms with Gasteiger partial charge in [-0.25, -0.2) is 0 Å². The van der Waals surface area contributed by atoms with Crippen molar-refractivity contribution in [3.8, 4) is 0 Å². The van der Waals surface area contributed by atoms with Crippen molar-refractivity contribution < 1.29 is 19.5 Å². The lowest BCUT2D eigenvalue weighted by molar-refractivity contribution is -0.148. The molecule has 1 amide bonds. The van der Waals surface area contributed by atoms with Gasteiger partial charge in [0.15, 0.2) is 5.78 Å². The highest BCUT2D eigenvalue weighted by Crippen LogP contribution is 2.72. The highest BCUT2D eigenvalue weighted by atomic mass is 16.4. The molecule has 7 rings (SSSR count). The number of Topliss-reactive ketones (excluding diaryl/α,β-unsaturated/α-hetero) is 1. The summed E-state index contributed by atoms with van der Waals surface area (Å²) in [6, 6.07) is 47.1. The maximum Gasteiger partial charge on any atom is 0.309 e. The van der Waals surface area contributed by atoms with Crippen LogP contribution in [0.15, 0.2) is 152 Å². The van der Waals surface area contributed by atoms with Crippen LogP contribution in [0, 0.1) is 11.8 Å². The largest absolute Gasteiger partial charge is 0.481 e. The molecule has 2 N–H and O–H groups in total. The van der Waals surface area contributed by atoms with Gasteiger partial charge in [-0.15, -0.1) is 0 Å². The lowest BCUT2D eigenvalue weighted by atomic mass is 9.58. The quantitative estimate of drug-likeness (QED) is 0.211. The van der Waals surface area contributed by atoms with E-state index in [1.165, 1.54) is 0 Å². The number of rotatable bonds is 8. The van der Waals surface area contributed by atoms with Gasteiger partial charge in [0.05, 0.1) is 22.7 Å². The molecule has 0 heterocycles. The van der Waals surface area contributed by atoms with Crippen molar-refractivity contribution in [2.45, 2.75) is 17.4 Å². The Hall–Kier alpha value is -5.55. The van der Waals surface area contributed by atoms with E-state index in [4.69, 9.17) is 0 Å². The monoisotopic (exact) mass is 589 g/mol. The van der Waals surface area contributed by atoms with Crippen molar-refractivity contribution in [3.63, 3.8) is 0 Å². The lowest BCUT2D eigenvalue weighted by Crippen LogP contribution is -2.50. The summed E-state index contributed by atoms with van der Waals surface area (Å²) in [4.78, 5) is 44.2. The van der Waals surface area contributed by atoms with E-state index in [9.17, 15) is 14.7 Å². The molecule has 1 saturated carbocycles. The average molecular weight is 590 g/mol. The van der Waals surface area contributed by atoms with Crippen molar-refractivity contribution in [3.05, 3.63) is 179 Å². The van der Waals surface area contributed by atoms with Crippen LogP contribution in [0.1, 0.15) is 27.8 Å². The number of carboxylic acid groups (broad SMARTS) is 1. The third kappa shape index (κ3) is 4.11. The molecule has 5 aromatic rings. The van der Waals surface area contributed by atoms with E-state index in [1.807, 2.05) is 152 Å². The van der Waals surface area contributed by atoms with Crippen LogP contribution in [-0.2, 0) is 31.8 Å². The molecular weight excluding hydrogens is 558 g/mol. The highest BCUT2D eigenvalue weighted by molar-refractivity contribution is 6.33. The second kappa shape index (κ2) is 11.2. The molecule has 0 spiro atoms. The van der Waals surface area contributed by atoms with Crippen molar-refractivity contribution in [2.24, 2.45) is 11.8 Å². The van der Waals surface area contributed by atoms with Crippen LogP contribution in [0.5, 0.6) is 0 Å². The molecule has 5 aromatic carbocycles. The number of aliphatic carboxylic acids is 1. The zero-order valence-corrected chi connectivity index (χ0v) is 24.5. The molecule has 0 aromatic heterocycles. The first-order chi connectivity index (χ1) is 22.0. The first-order valence-corrected chi connectivity index (χ1v) is 15.1. The lowest BCUT2D eigenvalue weighted by Gasteiger charge is -2.42. The molecule has 0 saturated heterocycles. The number of fused-ring (bicyclic) bond motifs is 2. The van der Waals surface area contributed by atoms with Crippen molar-refractivity contribution >= 4 is 28.8 Å². The molecule has 2 bridgehead atoms. The minimum Gasteiger partial charge on any atom is -0.481 e. The van der Waals surface area contributed by atoms with Crippen molar-refractivity contribution in [1.29, 1.82) is 0 Å². The second-order valence-corrected chi connectivity index (χ2v) is 11.7. The van der Waals surface area contributed by atoms with E-state index in [1.54, 1.807) is 0 Å². The maximum atomic E-state index is 15.8. The van der Waals surface area contributed by atoms with Crippen LogP contribution < -0.4 is 5.32 Å². The first kappa shape index (κ1) is 28.2. The number of amides is 1. The number of carbonyl (C=O) groups is 3. The van der Waals surface area contributed by atoms with Gasteiger partial charge in [-0.05, 0) is 39.0 Å². The van der Waals surface area contributed by atoms with Gasteiger partial charge in [0, 0.05) is 6.54 Å². The number of benzene rings is 5. The fraction of sp³-hybridized carbons (Fsp3) is 0.125. The Balaban J connectivity index is 1.62. The summed E-state index contributed by atoms with van der Waals surface area (Å²) in [5.41, 5.74) is 1.63. The normalized spacial score (nSPS) is 23.6. The van der Waals surface area contributed by atoms with E-state index in [2.05, 4.69) is 5.32 Å². The molecule has 45 heavy (non-hydrogen) atoms. The molecule has 0 radical (unpaired) electrons. The van der Waals surface area contributed by atoms with Gasteiger partial charge < -0.3 is 10.4 Å². The first-order valence-electron chi connectivity index (χ1n) is 15.1. The number of allylic oxidation sites excluding steroid dienone is 2. The van der Waals surface area contributed by atoms with Crippen LogP contribution in [0.4, 0.5) is 0 Å². The van der Waals surface area contributed by atoms with Crippen LogP contribution in [0.3, 0.4) is 0 Å². The van der Waals surface area contributed by atoms with E-state index in [-0.39, 0.29) is 12.3 Å². The SMILES string of the molecule is O=C(O)C1C(C(=O)NCc2ccccc2)C2(c3ccccc3)C(=O)C1(c1ccccc1)C(c1ccccc1)=C2c1ccccc1. The maximum absolute atomic E-state index is 15.8. The molecule has 2 aliphatic rings. The minimum absolute atomic E-state index is 0.204. The molecular formula is C40H31NO4. The summed E-state index contributed by atoms with van der Waals surface area (Å²) in [5.74, 6) is -4.58. The van der Waals surface area contributed by atoms with Crippen molar-refractivity contribution in [1.82, 2.24) is 5.32 Å². The van der Waals surface area contributed by atoms with E-state index in [0.29, 0.717) is 22.3 Å². The van der Waals surface area contributed by atoms with Crippen LogP contribution in [-0.4, -0.2) is 22.8 Å².